The van der Waals surface area contributed by atoms with Gasteiger partial charge in [-0.25, -0.2) is 0 Å². The number of hydrogen-bond donors (Lipinski definition) is 1. The number of fused-ring (bicyclic) bond motifs is 2. The first-order valence-electron chi connectivity index (χ1n) is 10.4. The van der Waals surface area contributed by atoms with Crippen molar-refractivity contribution in [2.24, 2.45) is 0 Å². The summed E-state index contributed by atoms with van der Waals surface area (Å²) in [6, 6.07) is 14.9. The zero-order valence-corrected chi connectivity index (χ0v) is 16.9. The van der Waals surface area contributed by atoms with Crippen LogP contribution < -0.4 is 9.80 Å². The van der Waals surface area contributed by atoms with Gasteiger partial charge in [-0.3, -0.25) is 0 Å². The Bertz CT molecular complexity index is 808. The summed E-state index contributed by atoms with van der Waals surface area (Å²) < 4.78 is 0. The maximum atomic E-state index is 10.4. The van der Waals surface area contributed by atoms with Crippen molar-refractivity contribution in [3.05, 3.63) is 53.6 Å². The fraction of sp³-hybridized carbons (Fsp3) is 0.500. The molecular formula is C24H32N2O. The van der Waals surface area contributed by atoms with Gasteiger partial charge < -0.3 is 14.9 Å². The average Bonchev–Trinajstić information content (AvgIpc) is 2.65. The highest BCUT2D eigenvalue weighted by Gasteiger charge is 2.31. The van der Waals surface area contributed by atoms with Crippen LogP contribution in [0.15, 0.2) is 42.5 Å². The normalized spacial score (nSPS) is 19.6. The van der Waals surface area contributed by atoms with E-state index >= 15 is 0 Å². The maximum Gasteiger partial charge on any atom is 0.139 e. The molecule has 0 fully saturated rings. The van der Waals surface area contributed by atoms with E-state index < -0.39 is 0 Å². The van der Waals surface area contributed by atoms with Crippen LogP contribution in [0.25, 0.3) is 0 Å². The molecule has 0 radical (unpaired) electrons. The number of benzene rings is 2. The van der Waals surface area contributed by atoms with E-state index in [1.807, 2.05) is 12.1 Å². The van der Waals surface area contributed by atoms with Crippen LogP contribution in [-0.4, -0.2) is 30.3 Å². The summed E-state index contributed by atoms with van der Waals surface area (Å²) in [5.74, 6) is 1.03. The number of hydrogen-bond acceptors (Lipinski definition) is 3. The fourth-order valence-electron chi connectivity index (χ4n) is 4.89. The second kappa shape index (κ2) is 7.10. The van der Waals surface area contributed by atoms with Crippen LogP contribution in [0.1, 0.15) is 57.1 Å². The number of para-hydroxylation sites is 2. The summed E-state index contributed by atoms with van der Waals surface area (Å²) in [6.45, 7) is 10.1. The molecule has 2 aliphatic rings. The van der Waals surface area contributed by atoms with Crippen molar-refractivity contribution in [1.82, 2.24) is 0 Å². The Morgan fingerprint density at radius 1 is 1.04 bits per heavy atom. The number of rotatable bonds is 3. The molecule has 3 heteroatoms. The summed E-state index contributed by atoms with van der Waals surface area (Å²) in [6.07, 6.45) is 4.60. The molecule has 0 saturated heterocycles. The van der Waals surface area contributed by atoms with Crippen LogP contribution in [0.4, 0.5) is 11.4 Å². The molecule has 144 valence electrons. The lowest BCUT2D eigenvalue weighted by Gasteiger charge is -2.44. The molecule has 0 bridgehead atoms. The number of aryl methyl sites for hydroxylation is 1. The zero-order chi connectivity index (χ0) is 19.0. The van der Waals surface area contributed by atoms with E-state index in [9.17, 15) is 5.11 Å². The second-order valence-corrected chi connectivity index (χ2v) is 9.03. The monoisotopic (exact) mass is 364 g/mol. The smallest absolute Gasteiger partial charge is 0.139 e. The fourth-order valence-corrected chi connectivity index (χ4v) is 4.89. The summed E-state index contributed by atoms with van der Waals surface area (Å²) in [7, 11) is 0. The number of phenolic OH excluding ortho intramolecular Hbond substituents is 1. The zero-order valence-electron chi connectivity index (χ0n) is 16.9. The molecule has 2 aliphatic heterocycles. The molecule has 2 aromatic rings. The Kier molecular flexibility index (Phi) is 4.79. The predicted molar refractivity (Wildman–Crippen MR) is 114 cm³/mol. The minimum absolute atomic E-state index is 0.151. The van der Waals surface area contributed by atoms with E-state index in [1.54, 1.807) is 0 Å². The van der Waals surface area contributed by atoms with Crippen molar-refractivity contribution < 1.29 is 5.11 Å². The highest BCUT2D eigenvalue weighted by Crippen LogP contribution is 2.41. The van der Waals surface area contributed by atoms with E-state index in [1.165, 1.54) is 29.7 Å². The third kappa shape index (κ3) is 3.52. The summed E-state index contributed by atoms with van der Waals surface area (Å²) in [5, 5.41) is 10.4. The Morgan fingerprint density at radius 3 is 2.67 bits per heavy atom. The van der Waals surface area contributed by atoms with Crippen molar-refractivity contribution in [2.75, 3.05) is 29.4 Å². The van der Waals surface area contributed by atoms with Crippen molar-refractivity contribution in [3.8, 4) is 5.75 Å². The molecular weight excluding hydrogens is 332 g/mol. The first kappa shape index (κ1) is 18.2. The van der Waals surface area contributed by atoms with Crippen molar-refractivity contribution >= 4 is 11.4 Å². The molecule has 0 spiro atoms. The molecule has 0 saturated carbocycles. The standard InChI is InChI=1S/C24H32N2O/c1-24(2,3)26-17-14-18(20-10-4-5-11-21(20)26)13-16-25-15-7-9-19-8-6-12-22(27)23(19)25/h4-6,8,10-12,18,27H,7,9,13-17H2,1-3H3. The summed E-state index contributed by atoms with van der Waals surface area (Å²) in [5.41, 5.74) is 5.42. The van der Waals surface area contributed by atoms with Gasteiger partial charge in [0.1, 0.15) is 5.75 Å². The molecule has 1 atom stereocenters. The molecule has 2 heterocycles. The summed E-state index contributed by atoms with van der Waals surface area (Å²) in [4.78, 5) is 4.97. The molecule has 4 rings (SSSR count). The van der Waals surface area contributed by atoms with Gasteiger partial charge in [0, 0.05) is 30.9 Å². The molecule has 3 nitrogen and oxygen atoms in total. The molecule has 0 aliphatic carbocycles. The first-order valence-corrected chi connectivity index (χ1v) is 10.4. The first-order chi connectivity index (χ1) is 12.9. The third-order valence-electron chi connectivity index (χ3n) is 6.21. The van der Waals surface area contributed by atoms with Crippen LogP contribution in [0.2, 0.25) is 0 Å². The van der Waals surface area contributed by atoms with Gasteiger partial charge >= 0.3 is 0 Å². The topological polar surface area (TPSA) is 26.7 Å². The number of nitrogens with zero attached hydrogens (tertiary/aromatic N) is 2. The van der Waals surface area contributed by atoms with Gasteiger partial charge in [-0.1, -0.05) is 30.3 Å². The highest BCUT2D eigenvalue weighted by molar-refractivity contribution is 5.65. The van der Waals surface area contributed by atoms with Gasteiger partial charge in [-0.15, -0.1) is 0 Å². The summed E-state index contributed by atoms with van der Waals surface area (Å²) >= 11 is 0. The minimum atomic E-state index is 0.151. The second-order valence-electron chi connectivity index (χ2n) is 9.03. The van der Waals surface area contributed by atoms with Gasteiger partial charge in [0.25, 0.3) is 0 Å². The molecule has 0 aromatic heterocycles. The average molecular weight is 365 g/mol. The van der Waals surface area contributed by atoms with Crippen LogP contribution in [0.3, 0.4) is 0 Å². The van der Waals surface area contributed by atoms with Crippen LogP contribution in [0.5, 0.6) is 5.75 Å². The van der Waals surface area contributed by atoms with E-state index in [-0.39, 0.29) is 5.54 Å². The van der Waals surface area contributed by atoms with E-state index in [0.29, 0.717) is 11.7 Å². The minimum Gasteiger partial charge on any atom is -0.506 e. The number of phenols is 1. The molecule has 27 heavy (non-hydrogen) atoms. The van der Waals surface area contributed by atoms with Crippen molar-refractivity contribution in [3.63, 3.8) is 0 Å². The van der Waals surface area contributed by atoms with Gasteiger partial charge in [-0.05, 0) is 75.6 Å². The predicted octanol–water partition coefficient (Wildman–Crippen LogP) is 5.33. The lowest BCUT2D eigenvalue weighted by molar-refractivity contribution is 0.444. The highest BCUT2D eigenvalue weighted by atomic mass is 16.3. The molecule has 2 aromatic carbocycles. The molecule has 1 N–H and O–H groups in total. The van der Waals surface area contributed by atoms with Gasteiger partial charge in [0.15, 0.2) is 0 Å². The van der Waals surface area contributed by atoms with Gasteiger partial charge in [-0.2, -0.15) is 0 Å². The van der Waals surface area contributed by atoms with E-state index in [0.717, 1.165) is 38.2 Å². The van der Waals surface area contributed by atoms with Crippen LogP contribution >= 0.6 is 0 Å². The van der Waals surface area contributed by atoms with Gasteiger partial charge in [0.05, 0.1) is 5.69 Å². The third-order valence-corrected chi connectivity index (χ3v) is 6.21. The van der Waals surface area contributed by atoms with Crippen LogP contribution in [0, 0.1) is 0 Å². The lowest BCUT2D eigenvalue weighted by atomic mass is 9.85. The van der Waals surface area contributed by atoms with Gasteiger partial charge in [0.2, 0.25) is 0 Å². The number of aromatic hydroxyl groups is 1. The van der Waals surface area contributed by atoms with Crippen LogP contribution in [-0.2, 0) is 6.42 Å². The Hall–Kier alpha value is -2.16. The number of anilines is 2. The quantitative estimate of drug-likeness (QED) is 0.798. The molecule has 1 unspecified atom stereocenters. The largest absolute Gasteiger partial charge is 0.506 e. The molecule has 0 amide bonds. The van der Waals surface area contributed by atoms with Crippen molar-refractivity contribution in [1.29, 1.82) is 0 Å². The van der Waals surface area contributed by atoms with E-state index in [4.69, 9.17) is 0 Å². The Balaban J connectivity index is 1.53. The Labute approximate surface area is 163 Å². The van der Waals surface area contributed by atoms with Crippen molar-refractivity contribution in [2.45, 2.75) is 57.9 Å². The SMILES string of the molecule is CC(C)(C)N1CCC(CCN2CCCc3cccc(O)c32)c2ccccc21. The van der Waals surface area contributed by atoms with E-state index in [2.05, 4.69) is 60.9 Å². The lowest BCUT2D eigenvalue weighted by Crippen LogP contribution is -2.45. The maximum absolute atomic E-state index is 10.4. The Morgan fingerprint density at radius 2 is 1.85 bits per heavy atom.